The van der Waals surface area contributed by atoms with Crippen LogP contribution in [0.5, 0.6) is 0 Å². The summed E-state index contributed by atoms with van der Waals surface area (Å²) in [5.74, 6) is 0.614. The monoisotopic (exact) mass is 348 g/mol. The van der Waals surface area contributed by atoms with Crippen molar-refractivity contribution in [3.05, 3.63) is 58.6 Å². The van der Waals surface area contributed by atoms with E-state index in [-0.39, 0.29) is 10.8 Å². The number of sulfonamides is 1. The highest BCUT2D eigenvalue weighted by Gasteiger charge is 2.19. The quantitative estimate of drug-likeness (QED) is 0.766. The Morgan fingerprint density at radius 3 is 2.61 bits per heavy atom. The number of nitrogens with zero attached hydrogens (tertiary/aromatic N) is 1. The molecule has 0 saturated heterocycles. The molecule has 23 heavy (non-hydrogen) atoms. The van der Waals surface area contributed by atoms with Crippen LogP contribution in [0.4, 0.5) is 0 Å². The third-order valence-electron chi connectivity index (χ3n) is 3.57. The Bertz CT molecular complexity index is 912. The van der Waals surface area contributed by atoms with Gasteiger partial charge in [0.05, 0.1) is 5.69 Å². The number of rotatable bonds is 5. The summed E-state index contributed by atoms with van der Waals surface area (Å²) in [5, 5.41) is 5.67. The van der Waals surface area contributed by atoms with Gasteiger partial charge in [-0.05, 0) is 25.5 Å². The summed E-state index contributed by atoms with van der Waals surface area (Å²) in [6.07, 6.45) is 0. The minimum atomic E-state index is -3.55. The lowest BCUT2D eigenvalue weighted by atomic mass is 10.1. The first-order valence-corrected chi connectivity index (χ1v) is 9.39. The summed E-state index contributed by atoms with van der Waals surface area (Å²) in [7, 11) is -3.55. The van der Waals surface area contributed by atoms with Crippen LogP contribution in [0, 0.1) is 13.8 Å². The van der Waals surface area contributed by atoms with E-state index in [1.165, 1.54) is 11.3 Å². The van der Waals surface area contributed by atoms with Crippen molar-refractivity contribution in [1.29, 1.82) is 0 Å². The fourth-order valence-electron chi connectivity index (χ4n) is 2.11. The van der Waals surface area contributed by atoms with E-state index in [2.05, 4.69) is 9.88 Å². The van der Waals surface area contributed by atoms with Crippen molar-refractivity contribution in [1.82, 2.24) is 9.88 Å². The van der Waals surface area contributed by atoms with Crippen LogP contribution in [0.15, 0.2) is 50.5 Å². The standard InChI is InChI=1S/C16H16N2O3S2/c1-11-12(2)18-21-16(11)14-8-15(22-10-14)23(19,20)17-9-13-6-4-3-5-7-13/h3-8,10,17H,9H2,1-2H3. The molecule has 0 aliphatic rings. The van der Waals surface area contributed by atoms with E-state index in [9.17, 15) is 8.42 Å². The fraction of sp³-hybridized carbons (Fsp3) is 0.188. The summed E-state index contributed by atoms with van der Waals surface area (Å²) in [5.41, 5.74) is 3.37. The molecule has 5 nitrogen and oxygen atoms in total. The maximum Gasteiger partial charge on any atom is 0.250 e. The van der Waals surface area contributed by atoms with E-state index < -0.39 is 10.0 Å². The number of hydrogen-bond acceptors (Lipinski definition) is 5. The van der Waals surface area contributed by atoms with E-state index in [1.54, 1.807) is 11.4 Å². The Labute approximate surface area is 139 Å². The number of benzene rings is 1. The third-order valence-corrected chi connectivity index (χ3v) is 6.41. The van der Waals surface area contributed by atoms with Crippen LogP contribution >= 0.6 is 11.3 Å². The van der Waals surface area contributed by atoms with Crippen molar-refractivity contribution < 1.29 is 12.9 Å². The van der Waals surface area contributed by atoms with Crippen molar-refractivity contribution in [3.8, 4) is 11.3 Å². The molecule has 3 rings (SSSR count). The third kappa shape index (κ3) is 3.36. The van der Waals surface area contributed by atoms with Gasteiger partial charge in [0.15, 0.2) is 5.76 Å². The Morgan fingerprint density at radius 1 is 1.22 bits per heavy atom. The Balaban J connectivity index is 1.80. The van der Waals surface area contributed by atoms with Crippen molar-refractivity contribution >= 4 is 21.4 Å². The van der Waals surface area contributed by atoms with Gasteiger partial charge in [-0.3, -0.25) is 0 Å². The molecule has 2 aromatic heterocycles. The maximum absolute atomic E-state index is 12.4. The molecule has 0 spiro atoms. The second-order valence-corrected chi connectivity index (χ2v) is 8.09. The van der Waals surface area contributed by atoms with Crippen LogP contribution in [-0.2, 0) is 16.6 Å². The lowest BCUT2D eigenvalue weighted by molar-refractivity contribution is 0.427. The molecule has 1 aromatic carbocycles. The van der Waals surface area contributed by atoms with Crippen molar-refractivity contribution in [2.24, 2.45) is 0 Å². The van der Waals surface area contributed by atoms with Gasteiger partial charge in [0.1, 0.15) is 4.21 Å². The molecule has 2 heterocycles. The molecule has 120 valence electrons. The van der Waals surface area contributed by atoms with Gasteiger partial charge in [-0.15, -0.1) is 11.3 Å². The second kappa shape index (κ2) is 6.27. The molecule has 0 unspecified atom stereocenters. The Hall–Kier alpha value is -1.96. The second-order valence-electron chi connectivity index (χ2n) is 5.19. The number of aromatic nitrogens is 1. The van der Waals surface area contributed by atoms with Gasteiger partial charge in [-0.25, -0.2) is 13.1 Å². The van der Waals surface area contributed by atoms with Crippen LogP contribution in [0.2, 0.25) is 0 Å². The van der Waals surface area contributed by atoms with Gasteiger partial charge in [-0.2, -0.15) is 0 Å². The molecule has 3 aromatic rings. The topological polar surface area (TPSA) is 72.2 Å². The highest BCUT2D eigenvalue weighted by atomic mass is 32.2. The molecular formula is C16H16N2O3S2. The van der Waals surface area contributed by atoms with Crippen LogP contribution in [0.25, 0.3) is 11.3 Å². The van der Waals surface area contributed by atoms with Gasteiger partial charge in [0.25, 0.3) is 0 Å². The number of nitrogens with one attached hydrogen (secondary N) is 1. The average molecular weight is 348 g/mol. The molecule has 1 N–H and O–H groups in total. The fourth-order valence-corrected chi connectivity index (χ4v) is 4.33. The summed E-state index contributed by atoms with van der Waals surface area (Å²) < 4.78 is 32.9. The molecule has 0 bridgehead atoms. The minimum absolute atomic E-state index is 0.261. The zero-order chi connectivity index (χ0) is 16.4. The molecule has 0 fully saturated rings. The van der Waals surface area contributed by atoms with Crippen LogP contribution in [0.3, 0.4) is 0 Å². The van der Waals surface area contributed by atoms with E-state index >= 15 is 0 Å². The normalized spacial score (nSPS) is 11.7. The summed E-state index contributed by atoms with van der Waals surface area (Å²) >= 11 is 1.17. The largest absolute Gasteiger partial charge is 0.356 e. The summed E-state index contributed by atoms with van der Waals surface area (Å²) in [6, 6.07) is 11.0. The maximum atomic E-state index is 12.4. The predicted molar refractivity (Wildman–Crippen MR) is 89.8 cm³/mol. The SMILES string of the molecule is Cc1noc(-c2csc(S(=O)(=O)NCc3ccccc3)c2)c1C. The minimum Gasteiger partial charge on any atom is -0.356 e. The first-order chi connectivity index (χ1) is 11.0. The van der Waals surface area contributed by atoms with Gasteiger partial charge in [-0.1, -0.05) is 35.5 Å². The lowest BCUT2D eigenvalue weighted by Gasteiger charge is -2.04. The zero-order valence-corrected chi connectivity index (χ0v) is 14.4. The van der Waals surface area contributed by atoms with Crippen molar-refractivity contribution in [2.45, 2.75) is 24.6 Å². The van der Waals surface area contributed by atoms with Crippen LogP contribution in [-0.4, -0.2) is 13.6 Å². The van der Waals surface area contributed by atoms with E-state index in [0.29, 0.717) is 5.76 Å². The molecule has 0 aliphatic heterocycles. The van der Waals surface area contributed by atoms with E-state index in [1.807, 2.05) is 44.2 Å². The predicted octanol–water partition coefficient (Wildman–Crippen LogP) is 3.50. The number of hydrogen-bond donors (Lipinski definition) is 1. The Kier molecular flexibility index (Phi) is 4.34. The molecule has 0 aliphatic carbocycles. The molecule has 7 heteroatoms. The number of thiophene rings is 1. The molecule has 0 saturated carbocycles. The summed E-state index contributed by atoms with van der Waals surface area (Å²) in [6.45, 7) is 4.02. The van der Waals surface area contributed by atoms with E-state index in [4.69, 9.17) is 4.52 Å². The van der Waals surface area contributed by atoms with Gasteiger partial charge in [0.2, 0.25) is 10.0 Å². The molecule has 0 radical (unpaired) electrons. The first-order valence-electron chi connectivity index (χ1n) is 7.03. The number of aryl methyl sites for hydroxylation is 1. The van der Waals surface area contributed by atoms with Gasteiger partial charge < -0.3 is 4.52 Å². The van der Waals surface area contributed by atoms with Crippen molar-refractivity contribution in [3.63, 3.8) is 0 Å². The van der Waals surface area contributed by atoms with Gasteiger partial charge >= 0.3 is 0 Å². The smallest absolute Gasteiger partial charge is 0.250 e. The van der Waals surface area contributed by atoms with Crippen molar-refractivity contribution in [2.75, 3.05) is 0 Å². The summed E-state index contributed by atoms with van der Waals surface area (Å²) in [4.78, 5) is 0. The highest BCUT2D eigenvalue weighted by Crippen LogP contribution is 2.31. The first kappa shape index (κ1) is 15.9. The molecule has 0 atom stereocenters. The lowest BCUT2D eigenvalue weighted by Crippen LogP contribution is -2.22. The van der Waals surface area contributed by atoms with E-state index in [0.717, 1.165) is 22.4 Å². The van der Waals surface area contributed by atoms with Crippen LogP contribution < -0.4 is 4.72 Å². The van der Waals surface area contributed by atoms with Crippen LogP contribution in [0.1, 0.15) is 16.8 Å². The highest BCUT2D eigenvalue weighted by molar-refractivity contribution is 7.91. The Morgan fingerprint density at radius 2 is 1.96 bits per heavy atom. The molecule has 0 amide bonds. The molecular weight excluding hydrogens is 332 g/mol. The van der Waals surface area contributed by atoms with Gasteiger partial charge in [0, 0.05) is 23.1 Å². The zero-order valence-electron chi connectivity index (χ0n) is 12.7. The average Bonchev–Trinajstić information content (AvgIpc) is 3.15.